The van der Waals surface area contributed by atoms with E-state index in [1.165, 1.54) is 11.1 Å². The molecular weight excluding hydrogens is 150 g/mol. The molecule has 0 radical (unpaired) electrons. The second kappa shape index (κ2) is 4.02. The summed E-state index contributed by atoms with van der Waals surface area (Å²) in [5.74, 6) is 0. The number of benzene rings is 1. The third-order valence-electron chi connectivity index (χ3n) is 2.00. The number of rotatable bonds is 0. The van der Waals surface area contributed by atoms with Crippen LogP contribution in [0.4, 0.5) is 0 Å². The molecule has 0 saturated heterocycles. The van der Waals surface area contributed by atoms with Crippen LogP contribution in [-0.4, -0.2) is 18.7 Å². The average Bonchev–Trinajstić information content (AvgIpc) is 2.48. The lowest BCUT2D eigenvalue weighted by Gasteiger charge is -2.02. The van der Waals surface area contributed by atoms with Crippen molar-refractivity contribution in [3.8, 4) is 0 Å². The van der Waals surface area contributed by atoms with E-state index in [-0.39, 0.29) is 0 Å². The average molecular weight is 163 g/mol. The fourth-order valence-electron chi connectivity index (χ4n) is 1.50. The minimum Gasteiger partial charge on any atom is -0.307 e. The molecule has 0 aromatic heterocycles. The molecule has 1 aliphatic heterocycles. The van der Waals surface area contributed by atoms with Crippen LogP contribution >= 0.6 is 0 Å². The highest BCUT2D eigenvalue weighted by Gasteiger charge is 2.12. The molecule has 0 aliphatic carbocycles. The molecule has 0 atom stereocenters. The lowest BCUT2D eigenvalue weighted by molar-refractivity contribution is -0.0979. The van der Waals surface area contributed by atoms with Gasteiger partial charge in [0, 0.05) is 13.1 Å². The Morgan fingerprint density at radius 1 is 1.17 bits per heavy atom. The summed E-state index contributed by atoms with van der Waals surface area (Å²) in [4.78, 5) is 10.3. The molecule has 2 heteroatoms. The van der Waals surface area contributed by atoms with E-state index < -0.39 is 0 Å². The first-order valence-electron chi connectivity index (χ1n) is 3.90. The van der Waals surface area contributed by atoms with Crippen LogP contribution in [0.3, 0.4) is 0 Å². The van der Waals surface area contributed by atoms with Gasteiger partial charge in [-0.05, 0) is 18.2 Å². The van der Waals surface area contributed by atoms with Gasteiger partial charge in [0.05, 0.1) is 0 Å². The van der Waals surface area contributed by atoms with E-state index >= 15 is 0 Å². The Morgan fingerprint density at radius 3 is 2.00 bits per heavy atom. The summed E-state index contributed by atoms with van der Waals surface area (Å²) in [6.45, 7) is 4.24. The SMILES string of the molecule is C=O.CN1Cc2ccccc2C1. The monoisotopic (exact) mass is 163 g/mol. The van der Waals surface area contributed by atoms with Crippen LogP contribution in [-0.2, 0) is 17.9 Å². The molecular formula is C10H13NO. The van der Waals surface area contributed by atoms with Crippen LogP contribution in [0, 0.1) is 0 Å². The van der Waals surface area contributed by atoms with Crippen LogP contribution in [0.2, 0.25) is 0 Å². The van der Waals surface area contributed by atoms with E-state index in [1.807, 2.05) is 6.79 Å². The second-order valence-corrected chi connectivity index (χ2v) is 2.94. The Balaban J connectivity index is 0.000000336. The highest BCUT2D eigenvalue weighted by atomic mass is 16.1. The van der Waals surface area contributed by atoms with E-state index in [4.69, 9.17) is 4.79 Å². The maximum absolute atomic E-state index is 8.00. The van der Waals surface area contributed by atoms with E-state index in [0.717, 1.165) is 13.1 Å². The molecule has 0 N–H and O–H groups in total. The number of hydrogen-bond donors (Lipinski definition) is 0. The predicted molar refractivity (Wildman–Crippen MR) is 48.7 cm³/mol. The van der Waals surface area contributed by atoms with Crippen molar-refractivity contribution in [3.05, 3.63) is 35.4 Å². The number of nitrogens with zero attached hydrogens (tertiary/aromatic N) is 1. The zero-order valence-electron chi connectivity index (χ0n) is 7.29. The molecule has 1 aromatic carbocycles. The van der Waals surface area contributed by atoms with Crippen molar-refractivity contribution in [1.82, 2.24) is 4.90 Å². The van der Waals surface area contributed by atoms with Crippen molar-refractivity contribution in [2.24, 2.45) is 0 Å². The molecule has 1 heterocycles. The van der Waals surface area contributed by atoms with Gasteiger partial charge in [0.25, 0.3) is 0 Å². The predicted octanol–water partition coefficient (Wildman–Crippen LogP) is 1.45. The van der Waals surface area contributed by atoms with E-state index in [1.54, 1.807) is 0 Å². The zero-order valence-corrected chi connectivity index (χ0v) is 7.29. The smallest absolute Gasteiger partial charge is 0.106 e. The summed E-state index contributed by atoms with van der Waals surface area (Å²) in [5, 5.41) is 0. The second-order valence-electron chi connectivity index (χ2n) is 2.94. The van der Waals surface area contributed by atoms with Crippen molar-refractivity contribution < 1.29 is 4.79 Å². The normalized spacial score (nSPS) is 14.8. The Kier molecular flexibility index (Phi) is 3.00. The summed E-state index contributed by atoms with van der Waals surface area (Å²) >= 11 is 0. The minimum atomic E-state index is 1.12. The Bertz CT molecular complexity index is 235. The molecule has 2 rings (SSSR count). The maximum atomic E-state index is 8.00. The molecule has 12 heavy (non-hydrogen) atoms. The summed E-state index contributed by atoms with van der Waals surface area (Å²) < 4.78 is 0. The van der Waals surface area contributed by atoms with Crippen LogP contribution < -0.4 is 0 Å². The largest absolute Gasteiger partial charge is 0.307 e. The van der Waals surface area contributed by atoms with Gasteiger partial charge in [-0.1, -0.05) is 24.3 Å². The third kappa shape index (κ3) is 1.71. The highest BCUT2D eigenvalue weighted by molar-refractivity contribution is 5.29. The summed E-state index contributed by atoms with van der Waals surface area (Å²) in [6.07, 6.45) is 0. The van der Waals surface area contributed by atoms with Gasteiger partial charge in [0.2, 0.25) is 0 Å². The van der Waals surface area contributed by atoms with Gasteiger partial charge < -0.3 is 4.79 Å². The Hall–Kier alpha value is -1.15. The summed E-state index contributed by atoms with van der Waals surface area (Å²) in [7, 11) is 2.15. The Labute approximate surface area is 72.8 Å². The molecule has 2 nitrogen and oxygen atoms in total. The lowest BCUT2D eigenvalue weighted by Crippen LogP contribution is -2.07. The number of carbonyl (C=O) groups excluding carboxylic acids is 1. The number of carbonyl (C=O) groups is 1. The minimum absolute atomic E-state index is 1.12. The molecule has 0 saturated carbocycles. The van der Waals surface area contributed by atoms with Gasteiger partial charge in [0.1, 0.15) is 6.79 Å². The first-order chi connectivity index (χ1) is 5.86. The van der Waals surface area contributed by atoms with Gasteiger partial charge >= 0.3 is 0 Å². The van der Waals surface area contributed by atoms with Crippen molar-refractivity contribution in [3.63, 3.8) is 0 Å². The van der Waals surface area contributed by atoms with Crippen LogP contribution in [0.5, 0.6) is 0 Å². The van der Waals surface area contributed by atoms with E-state index in [0.29, 0.717) is 0 Å². The Morgan fingerprint density at radius 2 is 1.58 bits per heavy atom. The molecule has 64 valence electrons. The van der Waals surface area contributed by atoms with Crippen molar-refractivity contribution >= 4 is 6.79 Å². The van der Waals surface area contributed by atoms with Crippen LogP contribution in [0.1, 0.15) is 11.1 Å². The maximum Gasteiger partial charge on any atom is 0.106 e. The molecule has 0 spiro atoms. The quantitative estimate of drug-likeness (QED) is 0.577. The van der Waals surface area contributed by atoms with Gasteiger partial charge in [-0.3, -0.25) is 4.90 Å². The van der Waals surface area contributed by atoms with Gasteiger partial charge in [-0.25, -0.2) is 0 Å². The number of hydrogen-bond acceptors (Lipinski definition) is 2. The molecule has 0 unspecified atom stereocenters. The lowest BCUT2D eigenvalue weighted by atomic mass is 10.1. The molecule has 0 bridgehead atoms. The summed E-state index contributed by atoms with van der Waals surface area (Å²) in [5.41, 5.74) is 2.98. The topological polar surface area (TPSA) is 20.3 Å². The first-order valence-corrected chi connectivity index (χ1v) is 3.90. The zero-order chi connectivity index (χ0) is 8.97. The highest BCUT2D eigenvalue weighted by Crippen LogP contribution is 2.19. The van der Waals surface area contributed by atoms with Gasteiger partial charge in [0.15, 0.2) is 0 Å². The summed E-state index contributed by atoms with van der Waals surface area (Å²) in [6, 6.07) is 8.63. The van der Waals surface area contributed by atoms with Crippen molar-refractivity contribution in [2.45, 2.75) is 13.1 Å². The van der Waals surface area contributed by atoms with Crippen LogP contribution in [0.15, 0.2) is 24.3 Å². The molecule has 1 aliphatic rings. The van der Waals surface area contributed by atoms with Gasteiger partial charge in [-0.15, -0.1) is 0 Å². The molecule has 0 fully saturated rings. The van der Waals surface area contributed by atoms with E-state index in [2.05, 4.69) is 36.2 Å². The van der Waals surface area contributed by atoms with Crippen molar-refractivity contribution in [2.75, 3.05) is 7.05 Å². The fourth-order valence-corrected chi connectivity index (χ4v) is 1.50. The fraction of sp³-hybridized carbons (Fsp3) is 0.300. The van der Waals surface area contributed by atoms with E-state index in [9.17, 15) is 0 Å². The standard InChI is InChI=1S/C9H11N.CH2O/c1-10-6-8-4-2-3-5-9(8)7-10;1-2/h2-5H,6-7H2,1H3;1H2. The molecule has 1 aromatic rings. The van der Waals surface area contributed by atoms with Crippen molar-refractivity contribution in [1.29, 1.82) is 0 Å². The first kappa shape index (κ1) is 8.94. The third-order valence-corrected chi connectivity index (χ3v) is 2.00. The van der Waals surface area contributed by atoms with Crippen LogP contribution in [0.25, 0.3) is 0 Å². The molecule has 0 amide bonds. The van der Waals surface area contributed by atoms with Gasteiger partial charge in [-0.2, -0.15) is 0 Å². The number of fused-ring (bicyclic) bond motifs is 1.